The lowest BCUT2D eigenvalue weighted by molar-refractivity contribution is 0.271. The maximum Gasteiger partial charge on any atom is 0.120 e. The van der Waals surface area contributed by atoms with Crippen molar-refractivity contribution in [3.63, 3.8) is 0 Å². The van der Waals surface area contributed by atoms with Crippen LogP contribution >= 0.6 is 15.9 Å². The maximum absolute atomic E-state index is 9.01. The molecule has 1 rings (SSSR count). The summed E-state index contributed by atoms with van der Waals surface area (Å²) in [4.78, 5) is 0. The average Bonchev–Trinajstić information content (AvgIpc) is 2.29. The van der Waals surface area contributed by atoms with E-state index in [0.29, 0.717) is 12.4 Å². The van der Waals surface area contributed by atoms with Gasteiger partial charge in [-0.15, -0.1) is 0 Å². The molecule has 0 radical (unpaired) electrons. The van der Waals surface area contributed by atoms with Gasteiger partial charge in [-0.1, -0.05) is 22.0 Å². The molecule has 0 saturated carbocycles. The zero-order valence-corrected chi connectivity index (χ0v) is 10.0. The lowest BCUT2D eigenvalue weighted by Crippen LogP contribution is -1.99. The van der Waals surface area contributed by atoms with E-state index in [4.69, 9.17) is 14.9 Å². The highest BCUT2D eigenvalue weighted by atomic mass is 79.9. The van der Waals surface area contributed by atoms with Crippen molar-refractivity contribution in [2.45, 2.75) is 19.6 Å². The summed E-state index contributed by atoms with van der Waals surface area (Å²) in [5, 5.41) is 18.9. The second-order valence-electron chi connectivity index (χ2n) is 3.19. The molecule has 0 heterocycles. The molecule has 0 atom stereocenters. The van der Waals surface area contributed by atoms with Crippen LogP contribution in [0, 0.1) is 0 Å². The molecule has 1 aromatic rings. The zero-order chi connectivity index (χ0) is 11.1. The Morgan fingerprint density at radius 3 is 2.13 bits per heavy atom. The Hall–Kier alpha value is -0.580. The average molecular weight is 275 g/mol. The summed E-state index contributed by atoms with van der Waals surface area (Å²) in [5.41, 5.74) is 1.52. The summed E-state index contributed by atoms with van der Waals surface area (Å²) in [5.74, 6) is 0.701. The molecular formula is C11H15BrO3. The Bertz CT molecular complexity index is 280. The molecule has 2 N–H and O–H groups in total. The van der Waals surface area contributed by atoms with E-state index in [1.807, 2.05) is 0 Å². The lowest BCUT2D eigenvalue weighted by Gasteiger charge is -2.08. The molecule has 4 heteroatoms. The fourth-order valence-electron chi connectivity index (χ4n) is 1.24. The molecule has 0 spiro atoms. The molecule has 0 aliphatic rings. The Morgan fingerprint density at radius 1 is 1.07 bits per heavy atom. The lowest BCUT2D eigenvalue weighted by atomic mass is 10.1. The first-order valence-electron chi connectivity index (χ1n) is 4.83. The number of rotatable bonds is 6. The number of hydrogen-bond donors (Lipinski definition) is 2. The van der Waals surface area contributed by atoms with Gasteiger partial charge in [-0.3, -0.25) is 0 Å². The van der Waals surface area contributed by atoms with Crippen LogP contribution in [0.25, 0.3) is 0 Å². The van der Waals surface area contributed by atoms with Gasteiger partial charge in [0.25, 0.3) is 0 Å². The van der Waals surface area contributed by atoms with Gasteiger partial charge in [0.2, 0.25) is 0 Å². The third-order valence-electron chi connectivity index (χ3n) is 1.94. The highest BCUT2D eigenvalue weighted by Crippen LogP contribution is 2.17. The third-order valence-corrected chi connectivity index (χ3v) is 2.50. The van der Waals surface area contributed by atoms with Gasteiger partial charge in [0.1, 0.15) is 5.75 Å². The molecule has 84 valence electrons. The Morgan fingerprint density at radius 2 is 1.67 bits per heavy atom. The summed E-state index contributed by atoms with van der Waals surface area (Å²) in [7, 11) is 0. The van der Waals surface area contributed by atoms with Gasteiger partial charge in [-0.05, 0) is 29.7 Å². The summed E-state index contributed by atoms with van der Waals surface area (Å²) < 4.78 is 5.48. The number of aliphatic hydroxyl groups excluding tert-OH is 2. The third kappa shape index (κ3) is 4.20. The standard InChI is InChI=1S/C11H15BrO3/c12-2-1-3-15-11-5-9(7-13)4-10(6-11)8-14/h4-6,13-14H,1-3,7-8H2. The number of alkyl halides is 1. The predicted molar refractivity (Wildman–Crippen MR) is 62.2 cm³/mol. The van der Waals surface area contributed by atoms with Crippen molar-refractivity contribution >= 4 is 15.9 Å². The topological polar surface area (TPSA) is 49.7 Å². The van der Waals surface area contributed by atoms with Crippen molar-refractivity contribution in [2.24, 2.45) is 0 Å². The van der Waals surface area contributed by atoms with Crippen molar-refractivity contribution in [2.75, 3.05) is 11.9 Å². The zero-order valence-electron chi connectivity index (χ0n) is 8.45. The van der Waals surface area contributed by atoms with Gasteiger partial charge < -0.3 is 14.9 Å². The summed E-state index contributed by atoms with van der Waals surface area (Å²) >= 11 is 3.32. The minimum atomic E-state index is -0.0390. The molecule has 0 bridgehead atoms. The fraction of sp³-hybridized carbons (Fsp3) is 0.455. The molecular weight excluding hydrogens is 260 g/mol. The summed E-state index contributed by atoms with van der Waals surface area (Å²) in [6, 6.07) is 5.33. The van der Waals surface area contributed by atoms with Crippen molar-refractivity contribution in [1.29, 1.82) is 0 Å². The fourth-order valence-corrected chi connectivity index (χ4v) is 1.47. The first-order chi connectivity index (χ1) is 7.30. The van der Waals surface area contributed by atoms with E-state index < -0.39 is 0 Å². The predicted octanol–water partition coefficient (Wildman–Crippen LogP) is 1.83. The minimum absolute atomic E-state index is 0.0390. The number of benzene rings is 1. The molecule has 0 aliphatic carbocycles. The Labute approximate surface area is 97.8 Å². The van der Waals surface area contributed by atoms with Crippen molar-refractivity contribution in [3.05, 3.63) is 29.3 Å². The van der Waals surface area contributed by atoms with Gasteiger partial charge in [-0.2, -0.15) is 0 Å². The van der Waals surface area contributed by atoms with Crippen LogP contribution in [-0.4, -0.2) is 22.2 Å². The number of hydrogen-bond acceptors (Lipinski definition) is 3. The quantitative estimate of drug-likeness (QED) is 0.615. The highest BCUT2D eigenvalue weighted by Gasteiger charge is 2.00. The largest absolute Gasteiger partial charge is 0.494 e. The Kier molecular flexibility index (Phi) is 5.68. The van der Waals surface area contributed by atoms with Gasteiger partial charge >= 0.3 is 0 Å². The second-order valence-corrected chi connectivity index (χ2v) is 3.99. The van der Waals surface area contributed by atoms with Crippen LogP contribution in [0.2, 0.25) is 0 Å². The molecule has 0 fully saturated rings. The number of ether oxygens (including phenoxy) is 1. The monoisotopic (exact) mass is 274 g/mol. The molecule has 0 unspecified atom stereocenters. The van der Waals surface area contributed by atoms with Crippen molar-refractivity contribution in [3.8, 4) is 5.75 Å². The number of aliphatic hydroxyl groups is 2. The van der Waals surface area contributed by atoms with Gasteiger partial charge in [0.05, 0.1) is 19.8 Å². The normalized spacial score (nSPS) is 10.3. The van der Waals surface area contributed by atoms with Gasteiger partial charge in [0, 0.05) is 5.33 Å². The van der Waals surface area contributed by atoms with E-state index in [2.05, 4.69) is 15.9 Å². The first kappa shape index (κ1) is 12.5. The molecule has 0 amide bonds. The van der Waals surface area contributed by atoms with Crippen LogP contribution in [-0.2, 0) is 13.2 Å². The van der Waals surface area contributed by atoms with Crippen LogP contribution in [0.1, 0.15) is 17.5 Å². The molecule has 0 aliphatic heterocycles. The maximum atomic E-state index is 9.01. The molecule has 3 nitrogen and oxygen atoms in total. The van der Waals surface area contributed by atoms with Crippen LogP contribution in [0.4, 0.5) is 0 Å². The molecule has 15 heavy (non-hydrogen) atoms. The first-order valence-corrected chi connectivity index (χ1v) is 5.95. The highest BCUT2D eigenvalue weighted by molar-refractivity contribution is 9.09. The van der Waals surface area contributed by atoms with E-state index in [1.165, 1.54) is 0 Å². The minimum Gasteiger partial charge on any atom is -0.494 e. The molecule has 0 aromatic heterocycles. The smallest absolute Gasteiger partial charge is 0.120 e. The summed E-state index contributed by atoms with van der Waals surface area (Å²) in [6.45, 7) is 0.552. The van der Waals surface area contributed by atoms with Crippen LogP contribution < -0.4 is 4.74 Å². The second kappa shape index (κ2) is 6.82. The van der Waals surface area contributed by atoms with Gasteiger partial charge in [-0.25, -0.2) is 0 Å². The Balaban J connectivity index is 2.68. The summed E-state index contributed by atoms with van der Waals surface area (Å²) in [6.07, 6.45) is 0.928. The van der Waals surface area contributed by atoms with Crippen LogP contribution in [0.5, 0.6) is 5.75 Å². The van der Waals surface area contributed by atoms with Crippen LogP contribution in [0.15, 0.2) is 18.2 Å². The number of halogens is 1. The molecule has 0 saturated heterocycles. The van der Waals surface area contributed by atoms with E-state index in [-0.39, 0.29) is 13.2 Å². The van der Waals surface area contributed by atoms with Crippen LogP contribution in [0.3, 0.4) is 0 Å². The van der Waals surface area contributed by atoms with Gasteiger partial charge in [0.15, 0.2) is 0 Å². The van der Waals surface area contributed by atoms with E-state index in [0.717, 1.165) is 22.9 Å². The SMILES string of the molecule is OCc1cc(CO)cc(OCCCBr)c1. The van der Waals surface area contributed by atoms with E-state index in [1.54, 1.807) is 18.2 Å². The molecule has 1 aromatic carbocycles. The van der Waals surface area contributed by atoms with Crippen molar-refractivity contribution in [1.82, 2.24) is 0 Å². The van der Waals surface area contributed by atoms with E-state index in [9.17, 15) is 0 Å². The van der Waals surface area contributed by atoms with E-state index >= 15 is 0 Å². The van der Waals surface area contributed by atoms with Crippen molar-refractivity contribution < 1.29 is 14.9 Å².